The van der Waals surface area contributed by atoms with Gasteiger partial charge in [0.05, 0.1) is 0 Å². The van der Waals surface area contributed by atoms with Gasteiger partial charge < -0.3 is 10.6 Å². The lowest BCUT2D eigenvalue weighted by Crippen LogP contribution is -2.27. The number of urea groups is 1. The van der Waals surface area contributed by atoms with Crippen molar-refractivity contribution in [2.24, 2.45) is 0 Å². The molecule has 0 radical (unpaired) electrons. The zero-order valence-corrected chi connectivity index (χ0v) is 11.6. The fraction of sp³-hybridized carbons (Fsp3) is 0.188. The molecule has 0 bridgehead atoms. The van der Waals surface area contributed by atoms with Crippen molar-refractivity contribution >= 4 is 11.7 Å². The molecule has 0 spiro atoms. The van der Waals surface area contributed by atoms with E-state index in [-0.39, 0.29) is 6.03 Å². The van der Waals surface area contributed by atoms with Gasteiger partial charge in [0.2, 0.25) is 0 Å². The maximum Gasteiger partial charge on any atom is 0.323 e. The molecule has 2 N–H and O–H groups in total. The van der Waals surface area contributed by atoms with E-state index >= 15 is 0 Å². The summed E-state index contributed by atoms with van der Waals surface area (Å²) in [4.78, 5) is 11.6. The van der Waals surface area contributed by atoms with Crippen LogP contribution in [0.15, 0.2) is 54.3 Å². The van der Waals surface area contributed by atoms with Crippen LogP contribution in [0.3, 0.4) is 0 Å². The van der Waals surface area contributed by atoms with Crippen LogP contribution in [0.1, 0.15) is 20.8 Å². The summed E-state index contributed by atoms with van der Waals surface area (Å²) in [7, 11) is 0. The number of hydrogen-bond acceptors (Lipinski definition) is 1. The van der Waals surface area contributed by atoms with E-state index in [0.717, 1.165) is 11.4 Å². The molecule has 3 heteroatoms. The van der Waals surface area contributed by atoms with Gasteiger partial charge in [0, 0.05) is 11.4 Å². The number of benzene rings is 1. The monoisotopic (exact) mass is 256 g/mol. The zero-order chi connectivity index (χ0) is 14.5. The van der Waals surface area contributed by atoms with Crippen LogP contribution >= 0.6 is 0 Å². The summed E-state index contributed by atoms with van der Waals surface area (Å²) in [6, 6.07) is 9.09. The number of carbonyl (C=O) groups excluding carboxylic acids is 1. The van der Waals surface area contributed by atoms with Crippen LogP contribution in [0.25, 0.3) is 0 Å². The van der Waals surface area contributed by atoms with Gasteiger partial charge >= 0.3 is 6.03 Å². The van der Waals surface area contributed by atoms with Crippen LogP contribution < -0.4 is 10.6 Å². The quantitative estimate of drug-likeness (QED) is 0.624. The van der Waals surface area contributed by atoms with Gasteiger partial charge in [0.15, 0.2) is 0 Å². The highest BCUT2D eigenvalue weighted by Gasteiger charge is 2.00. The molecule has 0 saturated heterocycles. The second-order valence-corrected chi connectivity index (χ2v) is 3.48. The molecule has 0 aromatic heterocycles. The third-order valence-corrected chi connectivity index (χ3v) is 1.95. The fourth-order valence-corrected chi connectivity index (χ4v) is 1.20. The molecule has 1 aromatic rings. The lowest BCUT2D eigenvalue weighted by Gasteiger charge is -2.07. The Labute approximate surface area is 115 Å². The van der Waals surface area contributed by atoms with Crippen molar-refractivity contribution in [3.8, 4) is 12.3 Å². The summed E-state index contributed by atoms with van der Waals surface area (Å²) in [6.07, 6.45) is 10.1. The minimum absolute atomic E-state index is 0.239. The highest BCUT2D eigenvalue weighted by Crippen LogP contribution is 2.04. The number of hydrogen-bond donors (Lipinski definition) is 2. The highest BCUT2D eigenvalue weighted by atomic mass is 16.2. The molecule has 0 fully saturated rings. The summed E-state index contributed by atoms with van der Waals surface area (Å²) in [5, 5.41) is 5.48. The van der Waals surface area contributed by atoms with E-state index in [0.29, 0.717) is 0 Å². The Morgan fingerprint density at radius 3 is 2.32 bits per heavy atom. The Balaban J connectivity index is 0.000000982. The maximum absolute atomic E-state index is 11.6. The number of nitrogens with one attached hydrogen (secondary N) is 2. The van der Waals surface area contributed by atoms with Crippen molar-refractivity contribution in [2.75, 3.05) is 5.32 Å². The van der Waals surface area contributed by atoms with Gasteiger partial charge in [-0.1, -0.05) is 30.4 Å². The van der Waals surface area contributed by atoms with E-state index in [1.165, 1.54) is 0 Å². The van der Waals surface area contributed by atoms with Gasteiger partial charge in [-0.15, -0.1) is 12.3 Å². The first-order valence-corrected chi connectivity index (χ1v) is 5.97. The molecule has 3 nitrogen and oxygen atoms in total. The number of para-hydroxylation sites is 1. The third-order valence-electron chi connectivity index (χ3n) is 1.95. The highest BCUT2D eigenvalue weighted by molar-refractivity contribution is 5.90. The topological polar surface area (TPSA) is 41.1 Å². The van der Waals surface area contributed by atoms with E-state index in [2.05, 4.69) is 23.0 Å². The normalized spacial score (nSPS) is 10.1. The first-order valence-electron chi connectivity index (χ1n) is 5.97. The molecule has 2 amide bonds. The van der Waals surface area contributed by atoms with Crippen molar-refractivity contribution < 1.29 is 4.79 Å². The SMILES string of the molecule is C#CC.C/C=C\C(=C/C)NC(=O)Nc1ccccc1. The maximum atomic E-state index is 11.6. The lowest BCUT2D eigenvalue weighted by atomic mass is 10.3. The van der Waals surface area contributed by atoms with Gasteiger partial charge in [-0.25, -0.2) is 4.79 Å². The van der Waals surface area contributed by atoms with Gasteiger partial charge in [0.25, 0.3) is 0 Å². The van der Waals surface area contributed by atoms with E-state index in [4.69, 9.17) is 0 Å². The second kappa shape index (κ2) is 10.7. The van der Waals surface area contributed by atoms with Gasteiger partial charge in [-0.05, 0) is 39.0 Å². The average Bonchev–Trinajstić information content (AvgIpc) is 2.40. The van der Waals surface area contributed by atoms with Gasteiger partial charge in [-0.2, -0.15) is 0 Å². The molecule has 0 heterocycles. The lowest BCUT2D eigenvalue weighted by molar-refractivity contribution is 0.254. The minimum atomic E-state index is -0.239. The molecular weight excluding hydrogens is 236 g/mol. The Morgan fingerprint density at radius 2 is 1.84 bits per heavy atom. The summed E-state index contributed by atoms with van der Waals surface area (Å²) in [5.41, 5.74) is 1.55. The molecule has 1 aromatic carbocycles. The molecule has 0 atom stereocenters. The standard InChI is InChI=1S/C13H16N2O.C3H4/c1-3-8-11(4-2)14-13(16)15-12-9-6-5-7-10-12;1-3-2/h3-10H,1-2H3,(H2,14,15,16);1H,2H3/b8-3-,11-4+;. The van der Waals surface area contributed by atoms with Crippen molar-refractivity contribution in [1.82, 2.24) is 5.32 Å². The number of amides is 2. The Morgan fingerprint density at radius 1 is 1.26 bits per heavy atom. The zero-order valence-electron chi connectivity index (χ0n) is 11.6. The Kier molecular flexibility index (Phi) is 9.28. The molecule has 0 aliphatic carbocycles. The summed E-state index contributed by atoms with van der Waals surface area (Å²) in [6.45, 7) is 5.43. The summed E-state index contributed by atoms with van der Waals surface area (Å²) < 4.78 is 0. The first-order chi connectivity index (χ1) is 9.17. The van der Waals surface area contributed by atoms with E-state index < -0.39 is 0 Å². The Hall–Kier alpha value is -2.47. The number of anilines is 1. The summed E-state index contributed by atoms with van der Waals surface area (Å²) >= 11 is 0. The molecular formula is C16H20N2O. The van der Waals surface area contributed by atoms with E-state index in [9.17, 15) is 4.79 Å². The van der Waals surface area contributed by atoms with Crippen LogP contribution in [-0.2, 0) is 0 Å². The first kappa shape index (κ1) is 16.5. The van der Waals surface area contributed by atoms with Gasteiger partial charge in [-0.3, -0.25) is 0 Å². The Bertz CT molecular complexity index is 467. The molecule has 100 valence electrons. The van der Waals surface area contributed by atoms with Crippen LogP contribution in [-0.4, -0.2) is 6.03 Å². The minimum Gasteiger partial charge on any atom is -0.308 e. The fourth-order valence-electron chi connectivity index (χ4n) is 1.20. The van der Waals surface area contributed by atoms with Crippen molar-refractivity contribution in [3.05, 3.63) is 54.3 Å². The van der Waals surface area contributed by atoms with E-state index in [1.807, 2.05) is 62.4 Å². The predicted octanol–water partition coefficient (Wildman–Crippen LogP) is 3.93. The average molecular weight is 256 g/mol. The molecule has 0 aliphatic heterocycles. The van der Waals surface area contributed by atoms with Crippen LogP contribution in [0.2, 0.25) is 0 Å². The molecule has 0 saturated carbocycles. The van der Waals surface area contributed by atoms with Crippen molar-refractivity contribution in [2.45, 2.75) is 20.8 Å². The molecule has 0 unspecified atom stereocenters. The summed E-state index contributed by atoms with van der Waals surface area (Å²) in [5.74, 6) is 2.25. The van der Waals surface area contributed by atoms with Crippen molar-refractivity contribution in [1.29, 1.82) is 0 Å². The predicted molar refractivity (Wildman–Crippen MR) is 81.7 cm³/mol. The van der Waals surface area contributed by atoms with Crippen LogP contribution in [0.4, 0.5) is 10.5 Å². The van der Waals surface area contributed by atoms with Gasteiger partial charge in [0.1, 0.15) is 0 Å². The number of carbonyl (C=O) groups is 1. The number of allylic oxidation sites excluding steroid dienone is 3. The van der Waals surface area contributed by atoms with Crippen molar-refractivity contribution in [3.63, 3.8) is 0 Å². The molecule has 1 rings (SSSR count). The number of terminal acetylenes is 1. The van der Waals surface area contributed by atoms with E-state index in [1.54, 1.807) is 6.92 Å². The third kappa shape index (κ3) is 8.28. The second-order valence-electron chi connectivity index (χ2n) is 3.48. The molecule has 0 aliphatic rings. The smallest absolute Gasteiger partial charge is 0.308 e. The number of rotatable bonds is 3. The van der Waals surface area contributed by atoms with Crippen LogP contribution in [0.5, 0.6) is 0 Å². The largest absolute Gasteiger partial charge is 0.323 e. The van der Waals surface area contributed by atoms with Crippen LogP contribution in [0, 0.1) is 12.3 Å². The molecule has 19 heavy (non-hydrogen) atoms.